The minimum absolute atomic E-state index is 0.117. The van der Waals surface area contributed by atoms with Crippen LogP contribution in [0.3, 0.4) is 0 Å². The van der Waals surface area contributed by atoms with E-state index in [9.17, 15) is 0 Å². The SMILES string of the molecule is [2H]C([2H])([2H])c1cc(C(C)(C)C)cc(C([2H])([2H])[2H])c1I. The highest BCUT2D eigenvalue weighted by Crippen LogP contribution is 2.27. The minimum atomic E-state index is -2.31. The topological polar surface area (TPSA) is 0 Å². The minimum Gasteiger partial charge on any atom is -0.0561 e. The van der Waals surface area contributed by atoms with Gasteiger partial charge in [-0.1, -0.05) is 32.9 Å². The van der Waals surface area contributed by atoms with Crippen molar-refractivity contribution in [2.75, 3.05) is 0 Å². The fourth-order valence-electron chi connectivity index (χ4n) is 1.06. The molecule has 0 radical (unpaired) electrons. The van der Waals surface area contributed by atoms with Crippen molar-refractivity contribution in [3.63, 3.8) is 0 Å². The standard InChI is InChI=1S/C12H17I/c1-8-6-10(12(3,4)5)7-9(2)11(8)13/h6-7H,1-5H3/i1D3,2D3. The van der Waals surface area contributed by atoms with Gasteiger partial charge in [-0.3, -0.25) is 0 Å². The average molecular weight is 294 g/mol. The molecule has 0 saturated heterocycles. The second-order valence-corrected chi connectivity index (χ2v) is 5.21. The zero-order chi connectivity index (χ0) is 15.2. The molecule has 1 rings (SSSR count). The van der Waals surface area contributed by atoms with E-state index in [2.05, 4.69) is 0 Å². The Morgan fingerprint density at radius 2 is 1.62 bits per heavy atom. The molecule has 1 aromatic rings. The maximum atomic E-state index is 7.56. The van der Waals surface area contributed by atoms with Crippen LogP contribution in [0.25, 0.3) is 0 Å². The van der Waals surface area contributed by atoms with E-state index >= 15 is 0 Å². The van der Waals surface area contributed by atoms with Gasteiger partial charge >= 0.3 is 0 Å². The lowest BCUT2D eigenvalue weighted by molar-refractivity contribution is 0.589. The molecule has 0 atom stereocenters. The third-order valence-electron chi connectivity index (χ3n) is 1.94. The maximum absolute atomic E-state index is 7.56. The summed E-state index contributed by atoms with van der Waals surface area (Å²) in [5.41, 5.74) is 0.660. The van der Waals surface area contributed by atoms with Crippen LogP contribution in [-0.2, 0) is 5.41 Å². The Hall–Kier alpha value is -0.0500. The number of hydrogen-bond acceptors (Lipinski definition) is 0. The second-order valence-electron chi connectivity index (χ2n) is 4.14. The maximum Gasteiger partial charge on any atom is 0.0280 e. The van der Waals surface area contributed by atoms with Crippen LogP contribution < -0.4 is 0 Å². The Bertz CT molecular complexity index is 443. The normalized spacial score (nSPS) is 20.6. The van der Waals surface area contributed by atoms with E-state index in [1.54, 1.807) is 12.1 Å². The summed E-state index contributed by atoms with van der Waals surface area (Å²) in [5.74, 6) is 0. The fraction of sp³-hybridized carbons (Fsp3) is 0.500. The summed E-state index contributed by atoms with van der Waals surface area (Å²) in [6.07, 6.45) is 0. The van der Waals surface area contributed by atoms with E-state index in [1.807, 2.05) is 43.4 Å². The first-order valence-corrected chi connectivity index (χ1v) is 5.17. The first-order chi connectivity index (χ1) is 8.24. The molecule has 0 heterocycles. The molecule has 0 fully saturated rings. The van der Waals surface area contributed by atoms with Crippen LogP contribution in [0, 0.1) is 17.3 Å². The van der Waals surface area contributed by atoms with Crippen molar-refractivity contribution < 1.29 is 8.22 Å². The molecule has 0 amide bonds. The van der Waals surface area contributed by atoms with Gasteiger partial charge in [0.1, 0.15) is 0 Å². The zero-order valence-corrected chi connectivity index (χ0v) is 10.2. The molecule has 0 aliphatic rings. The highest BCUT2D eigenvalue weighted by atomic mass is 127. The van der Waals surface area contributed by atoms with Crippen LogP contribution >= 0.6 is 22.6 Å². The predicted molar refractivity (Wildman–Crippen MR) is 67.3 cm³/mol. The van der Waals surface area contributed by atoms with Crippen molar-refractivity contribution in [3.05, 3.63) is 32.4 Å². The Kier molecular flexibility index (Phi) is 1.43. The largest absolute Gasteiger partial charge is 0.0561 e. The lowest BCUT2D eigenvalue weighted by Gasteiger charge is -2.21. The van der Waals surface area contributed by atoms with Crippen molar-refractivity contribution in [1.29, 1.82) is 0 Å². The Morgan fingerprint density at radius 1 is 1.15 bits per heavy atom. The summed E-state index contributed by atoms with van der Waals surface area (Å²) < 4.78 is 45.7. The Morgan fingerprint density at radius 3 is 1.92 bits per heavy atom. The smallest absolute Gasteiger partial charge is 0.0280 e. The van der Waals surface area contributed by atoms with Gasteiger partial charge in [0.05, 0.1) is 0 Å². The molecule has 0 nitrogen and oxygen atoms in total. The zero-order valence-electron chi connectivity index (χ0n) is 14.0. The quantitative estimate of drug-likeness (QED) is 0.629. The average Bonchev–Trinajstić information content (AvgIpc) is 2.11. The van der Waals surface area contributed by atoms with E-state index in [1.165, 1.54) is 0 Å². The van der Waals surface area contributed by atoms with E-state index in [0.717, 1.165) is 5.56 Å². The van der Waals surface area contributed by atoms with Crippen LogP contribution in [0.5, 0.6) is 0 Å². The van der Waals surface area contributed by atoms with Crippen LogP contribution in [0.2, 0.25) is 0 Å². The molecular formula is C12H17I. The van der Waals surface area contributed by atoms with Gasteiger partial charge in [-0.2, -0.15) is 0 Å². The molecule has 1 heteroatoms. The first kappa shape index (κ1) is 5.15. The Labute approximate surface area is 103 Å². The molecular weight excluding hydrogens is 271 g/mol. The summed E-state index contributed by atoms with van der Waals surface area (Å²) in [6.45, 7) is 1.18. The molecule has 0 saturated carbocycles. The summed E-state index contributed by atoms with van der Waals surface area (Å²) in [6, 6.07) is 3.20. The molecule has 1 aromatic carbocycles. The van der Waals surface area contributed by atoms with Crippen molar-refractivity contribution in [2.24, 2.45) is 0 Å². The number of rotatable bonds is 0. The van der Waals surface area contributed by atoms with Gasteiger partial charge in [0.2, 0.25) is 0 Å². The molecule has 0 N–H and O–H groups in total. The van der Waals surface area contributed by atoms with Crippen LogP contribution in [0.15, 0.2) is 12.1 Å². The first-order valence-electron chi connectivity index (χ1n) is 7.09. The number of halogens is 1. The molecule has 0 spiro atoms. The lowest BCUT2D eigenvalue weighted by Crippen LogP contribution is -2.12. The summed E-state index contributed by atoms with van der Waals surface area (Å²) in [7, 11) is 0. The van der Waals surface area contributed by atoms with Crippen LogP contribution in [0.1, 0.15) is 45.7 Å². The third kappa shape index (κ3) is 2.46. The molecule has 0 aromatic heterocycles. The van der Waals surface area contributed by atoms with Crippen molar-refractivity contribution in [2.45, 2.75) is 39.9 Å². The summed E-state index contributed by atoms with van der Waals surface area (Å²) in [5, 5.41) is 0. The van der Waals surface area contributed by atoms with Gasteiger partial charge in [-0.15, -0.1) is 0 Å². The van der Waals surface area contributed by atoms with Gasteiger partial charge in [-0.25, -0.2) is 0 Å². The molecule has 72 valence electrons. The lowest BCUT2D eigenvalue weighted by atomic mass is 9.85. The number of aryl methyl sites for hydroxylation is 2. The molecule has 0 aliphatic heterocycles. The van der Waals surface area contributed by atoms with Crippen molar-refractivity contribution >= 4 is 22.6 Å². The van der Waals surface area contributed by atoms with Gasteiger partial charge in [0.15, 0.2) is 0 Å². The second kappa shape index (κ2) is 3.60. The van der Waals surface area contributed by atoms with E-state index < -0.39 is 13.7 Å². The molecule has 0 aliphatic carbocycles. The van der Waals surface area contributed by atoms with Crippen LogP contribution in [-0.4, -0.2) is 0 Å². The van der Waals surface area contributed by atoms with Crippen molar-refractivity contribution in [1.82, 2.24) is 0 Å². The number of hydrogen-bond donors (Lipinski definition) is 0. The molecule has 0 unspecified atom stereocenters. The number of benzene rings is 1. The fourth-order valence-corrected chi connectivity index (χ4v) is 1.37. The van der Waals surface area contributed by atoms with E-state index in [0.29, 0.717) is 3.57 Å². The van der Waals surface area contributed by atoms with Gasteiger partial charge in [0.25, 0.3) is 0 Å². The van der Waals surface area contributed by atoms with Crippen LogP contribution in [0.4, 0.5) is 0 Å². The van der Waals surface area contributed by atoms with E-state index in [-0.39, 0.29) is 16.5 Å². The van der Waals surface area contributed by atoms with Gasteiger partial charge in [0, 0.05) is 11.8 Å². The van der Waals surface area contributed by atoms with Gasteiger partial charge in [-0.05, 0) is 58.4 Å². The predicted octanol–water partition coefficient (Wildman–Crippen LogP) is 4.21. The Balaban J connectivity index is 3.68. The molecule has 0 bridgehead atoms. The monoisotopic (exact) mass is 294 g/mol. The third-order valence-corrected chi connectivity index (χ3v) is 3.10. The summed E-state index contributed by atoms with van der Waals surface area (Å²) >= 11 is 1.82. The highest BCUT2D eigenvalue weighted by Gasteiger charge is 2.15. The molecule has 13 heavy (non-hydrogen) atoms. The van der Waals surface area contributed by atoms with Crippen molar-refractivity contribution in [3.8, 4) is 0 Å². The highest BCUT2D eigenvalue weighted by molar-refractivity contribution is 14.1. The van der Waals surface area contributed by atoms with E-state index in [4.69, 9.17) is 8.22 Å². The summed E-state index contributed by atoms with van der Waals surface area (Å²) in [4.78, 5) is 0. The van der Waals surface area contributed by atoms with Gasteiger partial charge < -0.3 is 0 Å².